The summed E-state index contributed by atoms with van der Waals surface area (Å²) in [5, 5.41) is 13.1. The van der Waals surface area contributed by atoms with E-state index >= 15 is 0 Å². The highest BCUT2D eigenvalue weighted by Gasteiger charge is 2.22. The summed E-state index contributed by atoms with van der Waals surface area (Å²) in [5.41, 5.74) is 2.04. The highest BCUT2D eigenvalue weighted by atomic mass is 32.2. The first-order chi connectivity index (χ1) is 16.2. The molecule has 0 bridgehead atoms. The summed E-state index contributed by atoms with van der Waals surface area (Å²) in [6.07, 6.45) is 7.67. The molecule has 0 saturated heterocycles. The zero-order valence-electron chi connectivity index (χ0n) is 18.7. The van der Waals surface area contributed by atoms with Gasteiger partial charge >= 0.3 is 5.97 Å². The van der Waals surface area contributed by atoms with E-state index in [9.17, 15) is 17.6 Å². The number of hydrogen-bond donors (Lipinski definition) is 1. The molecule has 0 aliphatic rings. The molecular weight excluding hydrogens is 461 g/mol. The molecule has 0 aliphatic heterocycles. The van der Waals surface area contributed by atoms with Crippen molar-refractivity contribution in [2.45, 2.75) is 36.6 Å². The number of carboxylic acids is 1. The minimum absolute atomic E-state index is 0.0507. The number of benzene rings is 2. The Kier molecular flexibility index (Phi) is 8.53. The fourth-order valence-corrected chi connectivity index (χ4v) is 4.01. The van der Waals surface area contributed by atoms with Crippen molar-refractivity contribution in [3.05, 3.63) is 84.2 Å². The Labute approximate surface area is 197 Å². The zero-order chi connectivity index (χ0) is 24.6. The van der Waals surface area contributed by atoms with Gasteiger partial charge in [0.15, 0.2) is 9.84 Å². The quantitative estimate of drug-likeness (QED) is 0.236. The molecule has 10 heteroatoms. The number of rotatable bonds is 12. The number of oxime groups is 1. The van der Waals surface area contributed by atoms with E-state index in [1.807, 2.05) is 4.57 Å². The van der Waals surface area contributed by atoms with Crippen LogP contribution in [0.4, 0.5) is 4.39 Å². The first-order valence-electron chi connectivity index (χ1n) is 10.7. The summed E-state index contributed by atoms with van der Waals surface area (Å²) in [7, 11) is -3.37. The summed E-state index contributed by atoms with van der Waals surface area (Å²) in [5.74, 6) is -1.20. The van der Waals surface area contributed by atoms with Gasteiger partial charge in [-0.1, -0.05) is 29.4 Å². The lowest BCUT2D eigenvalue weighted by Gasteiger charge is -2.21. The Morgan fingerprint density at radius 1 is 1.15 bits per heavy atom. The van der Waals surface area contributed by atoms with E-state index < -0.39 is 15.8 Å². The molecule has 0 amide bonds. The number of aromatic nitrogens is 2. The normalized spacial score (nSPS) is 12.9. The highest BCUT2D eigenvalue weighted by Crippen LogP contribution is 2.23. The molecule has 0 saturated carbocycles. The molecule has 3 rings (SSSR count). The van der Waals surface area contributed by atoms with Gasteiger partial charge in [-0.25, -0.2) is 17.8 Å². The van der Waals surface area contributed by atoms with E-state index in [2.05, 4.69) is 10.1 Å². The van der Waals surface area contributed by atoms with E-state index in [0.29, 0.717) is 30.5 Å². The molecule has 1 unspecified atom stereocenters. The maximum absolute atomic E-state index is 13.4. The van der Waals surface area contributed by atoms with E-state index in [1.165, 1.54) is 24.3 Å². The second-order valence-electron chi connectivity index (χ2n) is 7.81. The molecule has 0 radical (unpaired) electrons. The fourth-order valence-electron chi connectivity index (χ4n) is 3.38. The average molecular weight is 488 g/mol. The third kappa shape index (κ3) is 7.24. The molecule has 1 atom stereocenters. The van der Waals surface area contributed by atoms with Gasteiger partial charge in [0, 0.05) is 30.6 Å². The van der Waals surface area contributed by atoms with E-state index in [0.717, 1.165) is 11.8 Å². The number of hydrogen-bond acceptors (Lipinski definition) is 6. The summed E-state index contributed by atoms with van der Waals surface area (Å²) in [4.78, 5) is 20.6. The van der Waals surface area contributed by atoms with Crippen LogP contribution in [0.2, 0.25) is 0 Å². The standard InChI is InChI=1S/C24H26FN3O5S/c1-34(31,32)21-11-7-19(8-12-21)24(27-33-15-3-2-4-23(29)30)22(28-14-13-26-17-28)16-18-5-9-20(25)10-6-18/h5-14,17,22H,2-4,15-16H2,1H3,(H,29,30)/b27-24-. The number of carbonyl (C=O) groups is 1. The molecule has 3 aromatic rings. The van der Waals surface area contributed by atoms with Crippen molar-refractivity contribution in [2.75, 3.05) is 12.9 Å². The molecule has 0 fully saturated rings. The smallest absolute Gasteiger partial charge is 0.303 e. The molecule has 1 N–H and O–H groups in total. The molecule has 2 aromatic carbocycles. The van der Waals surface area contributed by atoms with Crippen LogP contribution in [-0.4, -0.2) is 47.6 Å². The lowest BCUT2D eigenvalue weighted by atomic mass is 9.96. The summed E-state index contributed by atoms with van der Waals surface area (Å²) >= 11 is 0. The van der Waals surface area contributed by atoms with Gasteiger partial charge in [-0.2, -0.15) is 0 Å². The fraction of sp³-hybridized carbons (Fsp3) is 0.292. The SMILES string of the molecule is CS(=O)(=O)c1ccc(/C(=N/OCCCCC(=O)O)C(Cc2ccc(F)cc2)n2ccnc2)cc1. The third-order valence-electron chi connectivity index (χ3n) is 5.16. The number of unbranched alkanes of at least 4 members (excludes halogenated alkanes) is 1. The highest BCUT2D eigenvalue weighted by molar-refractivity contribution is 7.90. The Bertz CT molecular complexity index is 1210. The maximum atomic E-state index is 13.4. The van der Waals surface area contributed by atoms with E-state index in [4.69, 9.17) is 9.94 Å². The first kappa shape index (κ1) is 25.1. The van der Waals surface area contributed by atoms with Crippen molar-refractivity contribution >= 4 is 21.5 Å². The number of carboxylic acid groups (broad SMARTS) is 1. The Morgan fingerprint density at radius 3 is 2.44 bits per heavy atom. The van der Waals surface area contributed by atoms with E-state index in [1.54, 1.807) is 43.0 Å². The Balaban J connectivity index is 1.93. The molecule has 1 heterocycles. The number of halogens is 1. The number of aliphatic carboxylic acids is 1. The number of imidazole rings is 1. The lowest BCUT2D eigenvalue weighted by molar-refractivity contribution is -0.137. The van der Waals surface area contributed by atoms with Gasteiger partial charge in [-0.15, -0.1) is 0 Å². The van der Waals surface area contributed by atoms with Gasteiger partial charge < -0.3 is 14.5 Å². The van der Waals surface area contributed by atoms with Gasteiger partial charge in [0.2, 0.25) is 0 Å². The minimum atomic E-state index is -3.37. The Hall–Kier alpha value is -3.53. The predicted octanol–water partition coefficient (Wildman–Crippen LogP) is 3.89. The van der Waals surface area contributed by atoms with Crippen LogP contribution < -0.4 is 0 Å². The summed E-state index contributed by atoms with van der Waals surface area (Å²) in [6, 6.07) is 12.1. The van der Waals surface area contributed by atoms with E-state index in [-0.39, 0.29) is 29.8 Å². The minimum Gasteiger partial charge on any atom is -0.481 e. The van der Waals surface area contributed by atoms with Crippen molar-refractivity contribution < 1.29 is 27.5 Å². The van der Waals surface area contributed by atoms with Crippen LogP contribution in [0.15, 0.2) is 77.3 Å². The molecule has 34 heavy (non-hydrogen) atoms. The molecule has 180 valence electrons. The van der Waals surface area contributed by atoms with Crippen LogP contribution in [0.25, 0.3) is 0 Å². The molecule has 1 aromatic heterocycles. The van der Waals surface area contributed by atoms with Crippen molar-refractivity contribution in [2.24, 2.45) is 5.16 Å². The van der Waals surface area contributed by atoms with Gasteiger partial charge in [-0.05, 0) is 49.1 Å². The lowest BCUT2D eigenvalue weighted by Crippen LogP contribution is -2.23. The van der Waals surface area contributed by atoms with Crippen LogP contribution in [0.3, 0.4) is 0 Å². The molecule has 0 spiro atoms. The van der Waals surface area contributed by atoms with Gasteiger partial charge in [-0.3, -0.25) is 4.79 Å². The van der Waals surface area contributed by atoms with Crippen molar-refractivity contribution in [3.63, 3.8) is 0 Å². The number of nitrogens with zero attached hydrogens (tertiary/aromatic N) is 3. The maximum Gasteiger partial charge on any atom is 0.303 e. The molecule has 8 nitrogen and oxygen atoms in total. The predicted molar refractivity (Wildman–Crippen MR) is 125 cm³/mol. The topological polar surface area (TPSA) is 111 Å². The van der Waals surface area contributed by atoms with Gasteiger partial charge in [0.05, 0.1) is 17.3 Å². The van der Waals surface area contributed by atoms with Crippen LogP contribution in [0, 0.1) is 5.82 Å². The van der Waals surface area contributed by atoms with Crippen LogP contribution in [0.5, 0.6) is 0 Å². The second-order valence-corrected chi connectivity index (χ2v) is 9.83. The Morgan fingerprint density at radius 2 is 1.85 bits per heavy atom. The third-order valence-corrected chi connectivity index (χ3v) is 6.29. The summed E-state index contributed by atoms with van der Waals surface area (Å²) < 4.78 is 39.0. The van der Waals surface area contributed by atoms with Crippen LogP contribution in [0.1, 0.15) is 36.4 Å². The largest absolute Gasteiger partial charge is 0.481 e. The number of sulfone groups is 1. The zero-order valence-corrected chi connectivity index (χ0v) is 19.5. The molecule has 0 aliphatic carbocycles. The summed E-state index contributed by atoms with van der Waals surface area (Å²) in [6.45, 7) is 0.228. The average Bonchev–Trinajstić information content (AvgIpc) is 3.33. The van der Waals surface area contributed by atoms with Gasteiger partial charge in [0.1, 0.15) is 18.1 Å². The van der Waals surface area contributed by atoms with Crippen molar-refractivity contribution in [1.29, 1.82) is 0 Å². The second kappa shape index (κ2) is 11.6. The monoisotopic (exact) mass is 487 g/mol. The van der Waals surface area contributed by atoms with Crippen LogP contribution >= 0.6 is 0 Å². The van der Waals surface area contributed by atoms with Crippen molar-refractivity contribution in [3.8, 4) is 0 Å². The van der Waals surface area contributed by atoms with Gasteiger partial charge in [0.25, 0.3) is 0 Å². The van der Waals surface area contributed by atoms with Crippen LogP contribution in [-0.2, 0) is 25.9 Å². The molecular formula is C24H26FN3O5S. The van der Waals surface area contributed by atoms with Crippen molar-refractivity contribution in [1.82, 2.24) is 9.55 Å². The first-order valence-corrected chi connectivity index (χ1v) is 12.6.